The zero-order valence-electron chi connectivity index (χ0n) is 10.4. The second kappa shape index (κ2) is 4.69. The fourth-order valence-electron chi connectivity index (χ4n) is 1.90. The van der Waals surface area contributed by atoms with Gasteiger partial charge in [0.15, 0.2) is 0 Å². The van der Waals surface area contributed by atoms with Crippen LogP contribution in [-0.2, 0) is 0 Å². The summed E-state index contributed by atoms with van der Waals surface area (Å²) in [7, 11) is 0. The fourth-order valence-corrected chi connectivity index (χ4v) is 2.14. The summed E-state index contributed by atoms with van der Waals surface area (Å²) in [5, 5.41) is 9.21. The number of rotatable bonds is 3. The Kier molecular flexibility index (Phi) is 3.40. The minimum Gasteiger partial charge on any atom is -0.317 e. The second-order valence-corrected chi connectivity index (χ2v) is 5.76. The highest BCUT2D eigenvalue weighted by Crippen LogP contribution is 2.34. The van der Waals surface area contributed by atoms with E-state index in [2.05, 4.69) is 27.0 Å². The third-order valence-electron chi connectivity index (χ3n) is 2.98. The molecule has 0 bridgehead atoms. The topological polar surface area (TPSA) is 57.0 Å². The summed E-state index contributed by atoms with van der Waals surface area (Å²) in [6, 6.07) is 5.85. The number of carbonyl (C=O) groups excluding carboxylic acids is 1. The van der Waals surface area contributed by atoms with Crippen molar-refractivity contribution in [2.24, 2.45) is 0 Å². The Bertz CT molecular complexity index is 500. The van der Waals surface area contributed by atoms with Gasteiger partial charge in [-0.3, -0.25) is 4.79 Å². The molecule has 1 aromatic heterocycles. The summed E-state index contributed by atoms with van der Waals surface area (Å²) in [5.74, 6) is -0.121. The predicted octanol–water partition coefficient (Wildman–Crippen LogP) is 2.75. The SMILES string of the molecule is CC(C)(C#N)N(C(=O)c1ccc(Br)nc1)C1CC1. The molecule has 1 aliphatic carbocycles. The third-order valence-corrected chi connectivity index (χ3v) is 3.45. The van der Waals surface area contributed by atoms with Crippen molar-refractivity contribution in [3.63, 3.8) is 0 Å². The minimum absolute atomic E-state index is 0.121. The van der Waals surface area contributed by atoms with Crippen LogP contribution in [0.15, 0.2) is 22.9 Å². The van der Waals surface area contributed by atoms with Crippen molar-refractivity contribution >= 4 is 21.8 Å². The number of aromatic nitrogens is 1. The van der Waals surface area contributed by atoms with E-state index >= 15 is 0 Å². The lowest BCUT2D eigenvalue weighted by Crippen LogP contribution is -2.48. The van der Waals surface area contributed by atoms with Crippen LogP contribution in [0.4, 0.5) is 0 Å². The first kappa shape index (κ1) is 13.0. The van der Waals surface area contributed by atoms with Crippen LogP contribution < -0.4 is 0 Å². The number of nitrogens with zero attached hydrogens (tertiary/aromatic N) is 3. The molecule has 0 atom stereocenters. The number of halogens is 1. The predicted molar refractivity (Wildman–Crippen MR) is 70.8 cm³/mol. The average Bonchev–Trinajstić information content (AvgIpc) is 3.14. The van der Waals surface area contributed by atoms with Gasteiger partial charge in [0.2, 0.25) is 0 Å². The van der Waals surface area contributed by atoms with Gasteiger partial charge in [0.1, 0.15) is 10.1 Å². The highest BCUT2D eigenvalue weighted by molar-refractivity contribution is 9.10. The molecule has 1 saturated carbocycles. The van der Waals surface area contributed by atoms with E-state index in [1.807, 2.05) is 0 Å². The average molecular weight is 308 g/mol. The van der Waals surface area contributed by atoms with Crippen LogP contribution in [0.5, 0.6) is 0 Å². The van der Waals surface area contributed by atoms with Gasteiger partial charge in [-0.15, -0.1) is 0 Å². The number of pyridine rings is 1. The van der Waals surface area contributed by atoms with Gasteiger partial charge in [0, 0.05) is 12.2 Å². The van der Waals surface area contributed by atoms with Gasteiger partial charge in [-0.2, -0.15) is 5.26 Å². The van der Waals surface area contributed by atoms with E-state index in [4.69, 9.17) is 0 Å². The Hall–Kier alpha value is -1.41. The summed E-state index contributed by atoms with van der Waals surface area (Å²) < 4.78 is 0.691. The minimum atomic E-state index is -0.786. The van der Waals surface area contributed by atoms with Crippen LogP contribution in [0.25, 0.3) is 0 Å². The summed E-state index contributed by atoms with van der Waals surface area (Å²) in [6.07, 6.45) is 3.48. The van der Waals surface area contributed by atoms with Gasteiger partial charge in [0.25, 0.3) is 5.91 Å². The molecule has 0 unspecified atom stereocenters. The molecule has 5 heteroatoms. The van der Waals surface area contributed by atoms with Crippen molar-refractivity contribution in [3.05, 3.63) is 28.5 Å². The van der Waals surface area contributed by atoms with Gasteiger partial charge < -0.3 is 4.90 Å². The molecule has 1 heterocycles. The third kappa shape index (κ3) is 2.54. The van der Waals surface area contributed by atoms with Crippen LogP contribution in [0.1, 0.15) is 37.0 Å². The Balaban J connectivity index is 2.30. The van der Waals surface area contributed by atoms with Crippen LogP contribution in [0.3, 0.4) is 0 Å². The first-order valence-corrected chi connectivity index (χ1v) is 6.61. The smallest absolute Gasteiger partial charge is 0.256 e. The van der Waals surface area contributed by atoms with Gasteiger partial charge in [0.05, 0.1) is 11.6 Å². The Morgan fingerprint density at radius 2 is 2.22 bits per heavy atom. The molecule has 1 aliphatic rings. The van der Waals surface area contributed by atoms with Crippen molar-refractivity contribution in [2.75, 3.05) is 0 Å². The number of hydrogen-bond donors (Lipinski definition) is 0. The first-order valence-electron chi connectivity index (χ1n) is 5.82. The lowest BCUT2D eigenvalue weighted by Gasteiger charge is -2.33. The van der Waals surface area contributed by atoms with Crippen molar-refractivity contribution in [1.82, 2.24) is 9.88 Å². The Morgan fingerprint density at radius 3 is 2.67 bits per heavy atom. The Morgan fingerprint density at radius 1 is 1.56 bits per heavy atom. The molecule has 1 amide bonds. The highest BCUT2D eigenvalue weighted by Gasteiger charge is 2.42. The van der Waals surface area contributed by atoms with E-state index in [1.165, 1.54) is 6.20 Å². The quantitative estimate of drug-likeness (QED) is 0.807. The van der Waals surface area contributed by atoms with Crippen LogP contribution >= 0.6 is 15.9 Å². The summed E-state index contributed by atoms with van der Waals surface area (Å²) in [6.45, 7) is 3.55. The molecule has 0 N–H and O–H groups in total. The molecule has 0 spiro atoms. The summed E-state index contributed by atoms with van der Waals surface area (Å²) >= 11 is 3.24. The maximum atomic E-state index is 12.5. The Labute approximate surface area is 115 Å². The molecule has 1 aromatic rings. The lowest BCUT2D eigenvalue weighted by atomic mass is 10.0. The normalized spacial score (nSPS) is 15.0. The van der Waals surface area contributed by atoms with Crippen LogP contribution in [0, 0.1) is 11.3 Å². The van der Waals surface area contributed by atoms with E-state index in [1.54, 1.807) is 30.9 Å². The molecule has 0 saturated heterocycles. The molecule has 2 rings (SSSR count). The van der Waals surface area contributed by atoms with Gasteiger partial charge in [-0.25, -0.2) is 4.98 Å². The molecule has 0 aromatic carbocycles. The molecule has 18 heavy (non-hydrogen) atoms. The van der Waals surface area contributed by atoms with E-state index in [9.17, 15) is 10.1 Å². The van der Waals surface area contributed by atoms with Crippen molar-refractivity contribution in [3.8, 4) is 6.07 Å². The maximum absolute atomic E-state index is 12.5. The summed E-state index contributed by atoms with van der Waals surface area (Å²) in [5.41, 5.74) is -0.265. The van der Waals surface area contributed by atoms with Crippen LogP contribution in [0.2, 0.25) is 0 Å². The van der Waals surface area contributed by atoms with Crippen LogP contribution in [-0.4, -0.2) is 27.4 Å². The molecular formula is C13H14BrN3O. The number of carbonyl (C=O) groups is 1. The van der Waals surface area contributed by atoms with Gasteiger partial charge in [-0.05, 0) is 54.8 Å². The lowest BCUT2D eigenvalue weighted by molar-refractivity contribution is 0.0614. The van der Waals surface area contributed by atoms with E-state index in [-0.39, 0.29) is 11.9 Å². The van der Waals surface area contributed by atoms with Gasteiger partial charge >= 0.3 is 0 Å². The van der Waals surface area contributed by atoms with E-state index < -0.39 is 5.54 Å². The standard InChI is InChI=1S/C13H14BrN3O/c1-13(2,8-15)17(10-4-5-10)12(18)9-3-6-11(14)16-7-9/h3,6-7,10H,4-5H2,1-2H3. The zero-order valence-corrected chi connectivity index (χ0v) is 11.9. The summed E-state index contributed by atoms with van der Waals surface area (Å²) in [4.78, 5) is 18.2. The first-order chi connectivity index (χ1) is 8.45. The number of hydrogen-bond acceptors (Lipinski definition) is 3. The van der Waals surface area contributed by atoms with Crippen molar-refractivity contribution < 1.29 is 4.79 Å². The second-order valence-electron chi connectivity index (χ2n) is 4.95. The fraction of sp³-hybridized carbons (Fsp3) is 0.462. The molecule has 1 fully saturated rings. The number of amides is 1. The van der Waals surface area contributed by atoms with Crippen molar-refractivity contribution in [2.45, 2.75) is 38.3 Å². The van der Waals surface area contributed by atoms with Gasteiger partial charge in [-0.1, -0.05) is 0 Å². The molecule has 4 nitrogen and oxygen atoms in total. The van der Waals surface area contributed by atoms with E-state index in [0.29, 0.717) is 10.2 Å². The van der Waals surface area contributed by atoms with E-state index in [0.717, 1.165) is 12.8 Å². The maximum Gasteiger partial charge on any atom is 0.256 e. The molecular weight excluding hydrogens is 294 g/mol. The zero-order chi connectivity index (χ0) is 13.3. The molecule has 0 radical (unpaired) electrons. The largest absolute Gasteiger partial charge is 0.317 e. The monoisotopic (exact) mass is 307 g/mol. The highest BCUT2D eigenvalue weighted by atomic mass is 79.9. The van der Waals surface area contributed by atoms with Crippen molar-refractivity contribution in [1.29, 1.82) is 5.26 Å². The number of nitriles is 1. The molecule has 94 valence electrons. The molecule has 0 aliphatic heterocycles.